The van der Waals surface area contributed by atoms with E-state index in [9.17, 15) is 14.9 Å². The number of nitro benzene ring substituents is 1. The molecule has 2 saturated heterocycles. The molecule has 0 bridgehead atoms. The number of fused-ring (bicyclic) bond motifs is 1. The number of nitro groups is 1. The summed E-state index contributed by atoms with van der Waals surface area (Å²) < 4.78 is 16.5. The van der Waals surface area contributed by atoms with E-state index in [-0.39, 0.29) is 11.3 Å². The van der Waals surface area contributed by atoms with E-state index in [0.717, 1.165) is 0 Å². The van der Waals surface area contributed by atoms with E-state index in [1.54, 1.807) is 39.0 Å². The summed E-state index contributed by atoms with van der Waals surface area (Å²) in [6, 6.07) is 6.17. The van der Waals surface area contributed by atoms with Crippen molar-refractivity contribution in [3.63, 3.8) is 0 Å². The molecule has 2 aliphatic rings. The largest absolute Gasteiger partial charge is 0.429 e. The van der Waals surface area contributed by atoms with Crippen molar-refractivity contribution in [2.45, 2.75) is 38.4 Å². The van der Waals surface area contributed by atoms with Crippen LogP contribution in [0.4, 0.5) is 5.69 Å². The molecule has 1 aromatic rings. The molecule has 22 heavy (non-hydrogen) atoms. The normalized spacial score (nSPS) is 31.1. The van der Waals surface area contributed by atoms with E-state index in [1.807, 2.05) is 0 Å². The fourth-order valence-electron chi connectivity index (χ4n) is 2.77. The van der Waals surface area contributed by atoms with Crippen LogP contribution in [-0.4, -0.2) is 28.6 Å². The third-order valence-electron chi connectivity index (χ3n) is 3.70. The molecule has 2 atom stereocenters. The molecule has 1 aromatic carbocycles. The van der Waals surface area contributed by atoms with Crippen LogP contribution < -0.4 is 0 Å². The highest BCUT2D eigenvalue weighted by molar-refractivity contribution is 5.99. The average molecular weight is 305 g/mol. The van der Waals surface area contributed by atoms with Crippen LogP contribution in [0.1, 0.15) is 26.3 Å². The lowest BCUT2D eigenvalue weighted by Gasteiger charge is -2.22. The molecule has 2 fully saturated rings. The molecule has 0 spiro atoms. The standard InChI is InChI=1S/C15H15NO6/c1-14(2)21-13-15(3,22-14)10(12(17)20-13)8-9-6-4-5-7-11(9)16(18)19/h4-8,13H,1-3H3/b10-8+/t13-,15-/m1/s1. The molecule has 7 nitrogen and oxygen atoms in total. The number of esters is 1. The zero-order valence-corrected chi connectivity index (χ0v) is 12.4. The van der Waals surface area contributed by atoms with E-state index in [2.05, 4.69) is 0 Å². The number of hydrogen-bond acceptors (Lipinski definition) is 6. The van der Waals surface area contributed by atoms with Gasteiger partial charge in [0.25, 0.3) is 5.69 Å². The number of rotatable bonds is 2. The number of ether oxygens (including phenoxy) is 3. The van der Waals surface area contributed by atoms with Crippen LogP contribution in [0.15, 0.2) is 29.8 Å². The Hall–Kier alpha value is -2.25. The molecule has 2 heterocycles. The van der Waals surface area contributed by atoms with Crippen LogP contribution in [-0.2, 0) is 19.0 Å². The molecule has 7 heteroatoms. The van der Waals surface area contributed by atoms with Crippen molar-refractivity contribution in [2.24, 2.45) is 0 Å². The fourth-order valence-corrected chi connectivity index (χ4v) is 2.77. The topological polar surface area (TPSA) is 87.9 Å². The van der Waals surface area contributed by atoms with Crippen molar-refractivity contribution >= 4 is 17.7 Å². The Bertz CT molecular complexity index is 695. The summed E-state index contributed by atoms with van der Waals surface area (Å²) in [7, 11) is 0. The Morgan fingerprint density at radius 1 is 1.27 bits per heavy atom. The molecule has 0 aliphatic carbocycles. The highest BCUT2D eigenvalue weighted by atomic mass is 16.8. The number of carbonyl (C=O) groups is 1. The first-order valence-electron chi connectivity index (χ1n) is 6.77. The molecule has 3 rings (SSSR count). The molecule has 116 valence electrons. The first-order valence-corrected chi connectivity index (χ1v) is 6.77. The van der Waals surface area contributed by atoms with Gasteiger partial charge in [0.2, 0.25) is 6.29 Å². The van der Waals surface area contributed by atoms with Crippen LogP contribution in [0.2, 0.25) is 0 Å². The Morgan fingerprint density at radius 3 is 2.64 bits per heavy atom. The van der Waals surface area contributed by atoms with Gasteiger partial charge < -0.3 is 14.2 Å². The predicted molar refractivity (Wildman–Crippen MR) is 75.6 cm³/mol. The Labute approximate surface area is 126 Å². The molecular weight excluding hydrogens is 290 g/mol. The third kappa shape index (κ3) is 2.18. The number of hydrogen-bond donors (Lipinski definition) is 0. The summed E-state index contributed by atoms with van der Waals surface area (Å²) in [5, 5.41) is 11.1. The highest BCUT2D eigenvalue weighted by Gasteiger charge is 2.61. The first-order chi connectivity index (χ1) is 10.2. The Balaban J connectivity index is 2.08. The lowest BCUT2D eigenvalue weighted by atomic mass is 9.95. The van der Waals surface area contributed by atoms with Gasteiger partial charge in [0.05, 0.1) is 16.1 Å². The van der Waals surface area contributed by atoms with Gasteiger partial charge in [-0.15, -0.1) is 0 Å². The van der Waals surface area contributed by atoms with Gasteiger partial charge >= 0.3 is 5.97 Å². The van der Waals surface area contributed by atoms with Gasteiger partial charge in [-0.05, 0) is 32.9 Å². The molecule has 2 aliphatic heterocycles. The minimum absolute atomic E-state index is 0.0898. The minimum atomic E-state index is -1.09. The summed E-state index contributed by atoms with van der Waals surface area (Å²) in [4.78, 5) is 22.7. The maximum atomic E-state index is 12.1. The van der Waals surface area contributed by atoms with Gasteiger partial charge in [-0.3, -0.25) is 10.1 Å². The molecule has 0 unspecified atom stereocenters. The predicted octanol–water partition coefficient (Wildman–Crippen LogP) is 2.40. The van der Waals surface area contributed by atoms with Gasteiger partial charge in [-0.1, -0.05) is 12.1 Å². The Kier molecular flexibility index (Phi) is 3.08. The number of carbonyl (C=O) groups excluding carboxylic acids is 1. The van der Waals surface area contributed by atoms with Crippen LogP contribution in [0, 0.1) is 10.1 Å². The zero-order chi connectivity index (χ0) is 16.1. The maximum Gasteiger partial charge on any atom is 0.339 e. The SMILES string of the molecule is CC1(C)O[C@H]2OC(=O)/C(=C\c3ccccc3[N+](=O)[O-])[C@@]2(C)O1. The smallest absolute Gasteiger partial charge is 0.339 e. The second-order valence-corrected chi connectivity index (χ2v) is 5.84. The lowest BCUT2D eigenvalue weighted by Crippen LogP contribution is -2.34. The maximum absolute atomic E-state index is 12.1. The van der Waals surface area contributed by atoms with E-state index in [0.29, 0.717) is 5.56 Å². The molecule has 0 saturated carbocycles. The summed E-state index contributed by atoms with van der Waals surface area (Å²) in [5.74, 6) is -1.50. The van der Waals surface area contributed by atoms with Crippen molar-refractivity contribution in [2.75, 3.05) is 0 Å². The second kappa shape index (κ2) is 4.62. The van der Waals surface area contributed by atoms with Crippen LogP contribution in [0.5, 0.6) is 0 Å². The highest BCUT2D eigenvalue weighted by Crippen LogP contribution is 2.47. The summed E-state index contributed by atoms with van der Waals surface area (Å²) in [5.41, 5.74) is -0.662. The zero-order valence-electron chi connectivity index (χ0n) is 12.4. The number of para-hydroxylation sites is 1. The molecular formula is C15H15NO6. The van der Waals surface area contributed by atoms with E-state index < -0.39 is 28.6 Å². The van der Waals surface area contributed by atoms with Crippen molar-refractivity contribution in [3.8, 4) is 0 Å². The van der Waals surface area contributed by atoms with Gasteiger partial charge in [-0.2, -0.15) is 0 Å². The average Bonchev–Trinajstić information content (AvgIpc) is 2.77. The van der Waals surface area contributed by atoms with E-state index >= 15 is 0 Å². The van der Waals surface area contributed by atoms with Gasteiger partial charge in [0, 0.05) is 6.07 Å². The Morgan fingerprint density at radius 2 is 1.95 bits per heavy atom. The fraction of sp³-hybridized carbons (Fsp3) is 0.400. The van der Waals surface area contributed by atoms with Crippen molar-refractivity contribution in [1.82, 2.24) is 0 Å². The molecule has 0 radical (unpaired) electrons. The van der Waals surface area contributed by atoms with Gasteiger partial charge in [0.1, 0.15) is 0 Å². The van der Waals surface area contributed by atoms with Crippen LogP contribution >= 0.6 is 0 Å². The number of benzene rings is 1. The molecule has 0 amide bonds. The third-order valence-corrected chi connectivity index (χ3v) is 3.70. The van der Waals surface area contributed by atoms with Crippen molar-refractivity contribution < 1.29 is 23.9 Å². The summed E-state index contributed by atoms with van der Waals surface area (Å²) in [6.45, 7) is 5.11. The van der Waals surface area contributed by atoms with Crippen LogP contribution in [0.25, 0.3) is 6.08 Å². The van der Waals surface area contributed by atoms with Crippen LogP contribution in [0.3, 0.4) is 0 Å². The van der Waals surface area contributed by atoms with E-state index in [4.69, 9.17) is 14.2 Å². The van der Waals surface area contributed by atoms with Crippen molar-refractivity contribution in [1.29, 1.82) is 0 Å². The van der Waals surface area contributed by atoms with Gasteiger partial charge in [0.15, 0.2) is 11.4 Å². The second-order valence-electron chi connectivity index (χ2n) is 5.84. The van der Waals surface area contributed by atoms with Crippen molar-refractivity contribution in [3.05, 3.63) is 45.5 Å². The quantitative estimate of drug-likeness (QED) is 0.361. The molecule has 0 N–H and O–H groups in total. The minimum Gasteiger partial charge on any atom is -0.429 e. The monoisotopic (exact) mass is 305 g/mol. The first kappa shape index (κ1) is 14.7. The lowest BCUT2D eigenvalue weighted by molar-refractivity contribution is -0.385. The van der Waals surface area contributed by atoms with Gasteiger partial charge in [-0.25, -0.2) is 4.79 Å². The van der Waals surface area contributed by atoms with E-state index in [1.165, 1.54) is 12.1 Å². The molecule has 0 aromatic heterocycles. The summed E-state index contributed by atoms with van der Waals surface area (Å²) in [6.07, 6.45) is 0.578. The number of nitrogens with zero attached hydrogens (tertiary/aromatic N) is 1. The summed E-state index contributed by atoms with van der Waals surface area (Å²) >= 11 is 0.